The van der Waals surface area contributed by atoms with Gasteiger partial charge in [0.15, 0.2) is 5.82 Å². The standard InChI is InChI=1S/C33H20N4S/c1-3-11-21(12-4-1)25-19-29(36-33(35-25)22-13-5-2-6-14-22)37-26-17-9-7-15-23(26)31-32(37)30-24-16-8-10-18-27(24)38-28(30)20-34-31/h1-20H. The van der Waals surface area contributed by atoms with E-state index < -0.39 is 0 Å². The lowest BCUT2D eigenvalue weighted by Gasteiger charge is -2.12. The Morgan fingerprint density at radius 1 is 0.605 bits per heavy atom. The first kappa shape index (κ1) is 21.2. The minimum Gasteiger partial charge on any atom is -0.291 e. The monoisotopic (exact) mass is 504 g/mol. The van der Waals surface area contributed by atoms with Crippen molar-refractivity contribution < 1.29 is 0 Å². The molecule has 5 heteroatoms. The molecule has 0 spiro atoms. The summed E-state index contributed by atoms with van der Waals surface area (Å²) in [6.45, 7) is 0. The highest BCUT2D eigenvalue weighted by molar-refractivity contribution is 7.26. The molecule has 0 aliphatic rings. The zero-order valence-corrected chi connectivity index (χ0v) is 21.1. The number of nitrogens with zero attached hydrogens (tertiary/aromatic N) is 4. The van der Waals surface area contributed by atoms with Gasteiger partial charge in [-0.3, -0.25) is 9.55 Å². The van der Waals surface area contributed by atoms with Gasteiger partial charge in [-0.2, -0.15) is 0 Å². The first-order valence-corrected chi connectivity index (χ1v) is 13.4. The summed E-state index contributed by atoms with van der Waals surface area (Å²) >= 11 is 1.78. The predicted molar refractivity (Wildman–Crippen MR) is 158 cm³/mol. The highest BCUT2D eigenvalue weighted by Crippen LogP contribution is 2.42. The van der Waals surface area contributed by atoms with Crippen molar-refractivity contribution in [2.75, 3.05) is 0 Å². The molecule has 4 heterocycles. The van der Waals surface area contributed by atoms with E-state index in [1.807, 2.05) is 42.6 Å². The van der Waals surface area contributed by atoms with Crippen LogP contribution in [0.2, 0.25) is 0 Å². The summed E-state index contributed by atoms with van der Waals surface area (Å²) in [6.07, 6.45) is 2.02. The van der Waals surface area contributed by atoms with Crippen LogP contribution in [0.1, 0.15) is 0 Å². The first-order valence-electron chi connectivity index (χ1n) is 12.5. The molecule has 178 valence electrons. The molecule has 0 bridgehead atoms. The van der Waals surface area contributed by atoms with Crippen LogP contribution in [-0.2, 0) is 0 Å². The van der Waals surface area contributed by atoms with E-state index >= 15 is 0 Å². The number of hydrogen-bond acceptors (Lipinski definition) is 4. The second-order valence-electron chi connectivity index (χ2n) is 9.31. The molecule has 8 aromatic rings. The molecule has 0 saturated heterocycles. The molecule has 4 aromatic carbocycles. The smallest absolute Gasteiger partial charge is 0.162 e. The molecule has 0 N–H and O–H groups in total. The highest BCUT2D eigenvalue weighted by Gasteiger charge is 2.21. The maximum Gasteiger partial charge on any atom is 0.162 e. The molecule has 0 saturated carbocycles. The van der Waals surface area contributed by atoms with Crippen molar-refractivity contribution in [1.29, 1.82) is 0 Å². The van der Waals surface area contributed by atoms with E-state index in [2.05, 4.69) is 83.4 Å². The van der Waals surface area contributed by atoms with Crippen molar-refractivity contribution in [3.05, 3.63) is 121 Å². The average Bonchev–Trinajstić information content (AvgIpc) is 3.53. The topological polar surface area (TPSA) is 43.6 Å². The van der Waals surface area contributed by atoms with Crippen LogP contribution in [-0.4, -0.2) is 19.5 Å². The number of fused-ring (bicyclic) bond motifs is 7. The summed E-state index contributed by atoms with van der Waals surface area (Å²) in [7, 11) is 0. The second-order valence-corrected chi connectivity index (χ2v) is 10.4. The highest BCUT2D eigenvalue weighted by atomic mass is 32.1. The Labute approximate surface area is 222 Å². The van der Waals surface area contributed by atoms with E-state index in [1.165, 1.54) is 20.2 Å². The van der Waals surface area contributed by atoms with E-state index in [4.69, 9.17) is 15.0 Å². The first-order chi connectivity index (χ1) is 18.8. The maximum absolute atomic E-state index is 5.17. The maximum atomic E-state index is 5.17. The van der Waals surface area contributed by atoms with Crippen molar-refractivity contribution in [2.24, 2.45) is 0 Å². The summed E-state index contributed by atoms with van der Waals surface area (Å²) in [6, 6.07) is 39.7. The number of thiophene rings is 1. The van der Waals surface area contributed by atoms with Crippen LogP contribution in [0, 0.1) is 0 Å². The van der Waals surface area contributed by atoms with Crippen LogP contribution in [0.4, 0.5) is 0 Å². The van der Waals surface area contributed by atoms with Crippen LogP contribution in [0.3, 0.4) is 0 Å². The van der Waals surface area contributed by atoms with Gasteiger partial charge in [0.1, 0.15) is 5.82 Å². The lowest BCUT2D eigenvalue weighted by atomic mass is 10.1. The van der Waals surface area contributed by atoms with Gasteiger partial charge in [0, 0.05) is 44.2 Å². The summed E-state index contributed by atoms with van der Waals surface area (Å²) in [4.78, 5) is 15.2. The second kappa shape index (κ2) is 8.33. The van der Waals surface area contributed by atoms with Crippen molar-refractivity contribution in [3.63, 3.8) is 0 Å². The van der Waals surface area contributed by atoms with E-state index in [9.17, 15) is 0 Å². The fourth-order valence-corrected chi connectivity index (χ4v) is 6.44. The Hall–Kier alpha value is -4.87. The van der Waals surface area contributed by atoms with Gasteiger partial charge in [0.05, 0.1) is 26.9 Å². The Morgan fingerprint density at radius 2 is 1.29 bits per heavy atom. The van der Waals surface area contributed by atoms with Gasteiger partial charge in [-0.15, -0.1) is 11.3 Å². The molecule has 0 fully saturated rings. The Balaban J connectivity index is 1.54. The summed E-state index contributed by atoms with van der Waals surface area (Å²) in [5.74, 6) is 1.52. The number of rotatable bonds is 3. The average molecular weight is 505 g/mol. The number of para-hydroxylation sites is 1. The molecule has 38 heavy (non-hydrogen) atoms. The Morgan fingerprint density at radius 3 is 2.11 bits per heavy atom. The van der Waals surface area contributed by atoms with Gasteiger partial charge in [-0.1, -0.05) is 97.1 Å². The van der Waals surface area contributed by atoms with Crippen LogP contribution >= 0.6 is 11.3 Å². The Bertz CT molecular complexity index is 2070. The zero-order valence-electron chi connectivity index (χ0n) is 20.2. The third-order valence-corrected chi connectivity index (χ3v) is 8.17. The lowest BCUT2D eigenvalue weighted by Crippen LogP contribution is -2.02. The van der Waals surface area contributed by atoms with E-state index in [-0.39, 0.29) is 0 Å². The summed E-state index contributed by atoms with van der Waals surface area (Å²) in [5, 5.41) is 3.57. The van der Waals surface area contributed by atoms with Crippen LogP contribution in [0.25, 0.3) is 70.6 Å². The summed E-state index contributed by atoms with van der Waals surface area (Å²) < 4.78 is 4.70. The van der Waals surface area contributed by atoms with Gasteiger partial charge >= 0.3 is 0 Å². The van der Waals surface area contributed by atoms with Crippen molar-refractivity contribution >= 4 is 53.4 Å². The number of aromatic nitrogens is 4. The summed E-state index contributed by atoms with van der Waals surface area (Å²) in [5.41, 5.74) is 6.07. The fraction of sp³-hybridized carbons (Fsp3) is 0. The fourth-order valence-electron chi connectivity index (χ4n) is 5.37. The molecule has 0 unspecified atom stereocenters. The molecule has 0 radical (unpaired) electrons. The molecule has 4 nitrogen and oxygen atoms in total. The third-order valence-electron chi connectivity index (χ3n) is 7.06. The quantitative estimate of drug-likeness (QED) is 0.242. The number of hydrogen-bond donors (Lipinski definition) is 0. The zero-order chi connectivity index (χ0) is 25.1. The van der Waals surface area contributed by atoms with Gasteiger partial charge in [-0.05, 0) is 12.1 Å². The third kappa shape index (κ3) is 3.19. The Kier molecular flexibility index (Phi) is 4.66. The molecular weight excluding hydrogens is 484 g/mol. The lowest BCUT2D eigenvalue weighted by molar-refractivity contribution is 1.05. The van der Waals surface area contributed by atoms with Crippen LogP contribution in [0.15, 0.2) is 121 Å². The minimum absolute atomic E-state index is 0.697. The van der Waals surface area contributed by atoms with E-state index in [0.29, 0.717) is 5.82 Å². The van der Waals surface area contributed by atoms with Crippen molar-refractivity contribution in [3.8, 4) is 28.5 Å². The molecule has 0 amide bonds. The SMILES string of the molecule is c1ccc(-c2cc(-n3c4ccccc4c4ncc5sc6ccccc6c5c43)nc(-c3ccccc3)n2)cc1. The van der Waals surface area contributed by atoms with Crippen LogP contribution in [0.5, 0.6) is 0 Å². The molecule has 8 rings (SSSR count). The molecule has 4 aromatic heterocycles. The largest absolute Gasteiger partial charge is 0.291 e. The minimum atomic E-state index is 0.697. The number of benzene rings is 4. The predicted octanol–water partition coefficient (Wildman–Crippen LogP) is 8.67. The van der Waals surface area contributed by atoms with Crippen molar-refractivity contribution in [1.82, 2.24) is 19.5 Å². The molecule has 0 aliphatic heterocycles. The van der Waals surface area contributed by atoms with E-state index in [0.717, 1.165) is 44.6 Å². The van der Waals surface area contributed by atoms with Gasteiger partial charge in [0.2, 0.25) is 0 Å². The van der Waals surface area contributed by atoms with Crippen molar-refractivity contribution in [2.45, 2.75) is 0 Å². The molecule has 0 aliphatic carbocycles. The van der Waals surface area contributed by atoms with E-state index in [1.54, 1.807) is 11.3 Å². The van der Waals surface area contributed by atoms with Gasteiger partial charge in [-0.25, -0.2) is 9.97 Å². The van der Waals surface area contributed by atoms with Gasteiger partial charge in [0.25, 0.3) is 0 Å². The number of pyridine rings is 1. The van der Waals surface area contributed by atoms with Gasteiger partial charge < -0.3 is 0 Å². The normalized spacial score (nSPS) is 11.7. The van der Waals surface area contributed by atoms with Crippen LogP contribution < -0.4 is 0 Å². The molecule has 0 atom stereocenters. The molecular formula is C33H20N4S.